The van der Waals surface area contributed by atoms with E-state index in [-0.39, 0.29) is 5.91 Å². The van der Waals surface area contributed by atoms with Gasteiger partial charge >= 0.3 is 0 Å². The van der Waals surface area contributed by atoms with Crippen LogP contribution >= 0.6 is 22.9 Å². The van der Waals surface area contributed by atoms with Crippen LogP contribution in [0.2, 0.25) is 4.34 Å². The summed E-state index contributed by atoms with van der Waals surface area (Å²) in [4.78, 5) is 12.8. The smallest absolute Gasteiger partial charge is 0.266 e. The van der Waals surface area contributed by atoms with Crippen molar-refractivity contribution in [1.29, 1.82) is 0 Å². The molecule has 0 spiro atoms. The Morgan fingerprint density at radius 3 is 2.55 bits per heavy atom. The van der Waals surface area contributed by atoms with Crippen molar-refractivity contribution in [3.8, 4) is 5.69 Å². The van der Waals surface area contributed by atoms with Crippen LogP contribution in [0.25, 0.3) is 5.69 Å². The maximum absolute atomic E-state index is 12.3. The zero-order valence-corrected chi connectivity index (χ0v) is 13.7. The second-order valence-corrected chi connectivity index (χ2v) is 6.69. The molecule has 0 aliphatic rings. The normalized spacial score (nSPS) is 10.7. The number of nitrogens with one attached hydrogen (secondary N) is 1. The van der Waals surface area contributed by atoms with E-state index < -0.39 is 0 Å². The van der Waals surface area contributed by atoms with Gasteiger partial charge in [-0.15, -0.1) is 11.3 Å². The molecule has 2 aromatic heterocycles. The van der Waals surface area contributed by atoms with Gasteiger partial charge in [-0.05, 0) is 38.1 Å². The molecule has 1 amide bonds. The number of benzene rings is 1. The van der Waals surface area contributed by atoms with E-state index in [2.05, 4.69) is 10.4 Å². The summed E-state index contributed by atoms with van der Waals surface area (Å²) in [6, 6.07) is 13.2. The number of amides is 1. The zero-order valence-electron chi connectivity index (χ0n) is 12.1. The van der Waals surface area contributed by atoms with Crippen LogP contribution in [0.3, 0.4) is 0 Å². The molecular weight excluding hydrogens is 318 g/mol. The number of thiophene rings is 1. The first-order valence-corrected chi connectivity index (χ1v) is 7.93. The Hall–Kier alpha value is -2.11. The predicted molar refractivity (Wildman–Crippen MR) is 90.3 cm³/mol. The van der Waals surface area contributed by atoms with Crippen molar-refractivity contribution >= 4 is 34.7 Å². The number of halogens is 1. The fourth-order valence-electron chi connectivity index (χ4n) is 2.09. The molecule has 3 aromatic rings. The molecule has 6 heteroatoms. The molecule has 0 aliphatic carbocycles. The summed E-state index contributed by atoms with van der Waals surface area (Å²) in [7, 11) is 0. The maximum Gasteiger partial charge on any atom is 0.266 e. The summed E-state index contributed by atoms with van der Waals surface area (Å²) in [5.41, 5.74) is 2.91. The van der Waals surface area contributed by atoms with E-state index in [4.69, 9.17) is 11.6 Å². The van der Waals surface area contributed by atoms with Crippen molar-refractivity contribution in [3.05, 3.63) is 62.9 Å². The SMILES string of the molecule is Cc1ccc(-n2nc(C)cc2NC(=O)c2ccc(Cl)s2)cc1. The fourth-order valence-corrected chi connectivity index (χ4v) is 3.02. The van der Waals surface area contributed by atoms with Gasteiger partial charge in [0.2, 0.25) is 0 Å². The van der Waals surface area contributed by atoms with Gasteiger partial charge in [0.15, 0.2) is 0 Å². The lowest BCUT2D eigenvalue weighted by Gasteiger charge is -2.08. The molecule has 2 heterocycles. The molecule has 3 rings (SSSR count). The third-order valence-electron chi connectivity index (χ3n) is 3.15. The van der Waals surface area contributed by atoms with Crippen LogP contribution in [0.4, 0.5) is 5.82 Å². The number of aromatic nitrogens is 2. The molecule has 112 valence electrons. The standard InChI is InChI=1S/C16H14ClN3OS/c1-10-3-5-12(6-4-10)20-15(9-11(2)19-20)18-16(21)13-7-8-14(17)22-13/h3-9H,1-2H3,(H,18,21). The largest absolute Gasteiger partial charge is 0.306 e. The van der Waals surface area contributed by atoms with Crippen molar-refractivity contribution in [2.45, 2.75) is 13.8 Å². The van der Waals surface area contributed by atoms with Crippen LogP contribution in [0.1, 0.15) is 20.9 Å². The quantitative estimate of drug-likeness (QED) is 0.770. The average Bonchev–Trinajstić information content (AvgIpc) is 3.06. The summed E-state index contributed by atoms with van der Waals surface area (Å²) < 4.78 is 2.32. The van der Waals surface area contributed by atoms with Gasteiger partial charge in [-0.3, -0.25) is 4.79 Å². The van der Waals surface area contributed by atoms with Crippen molar-refractivity contribution in [2.75, 3.05) is 5.32 Å². The monoisotopic (exact) mass is 331 g/mol. The van der Waals surface area contributed by atoms with Crippen molar-refractivity contribution in [3.63, 3.8) is 0 Å². The molecule has 1 aromatic carbocycles. The van der Waals surface area contributed by atoms with Gasteiger partial charge in [0.1, 0.15) is 5.82 Å². The number of nitrogens with zero attached hydrogens (tertiary/aromatic N) is 2. The topological polar surface area (TPSA) is 46.9 Å². The molecule has 0 aliphatic heterocycles. The summed E-state index contributed by atoms with van der Waals surface area (Å²) in [5, 5.41) is 7.33. The van der Waals surface area contributed by atoms with Gasteiger partial charge < -0.3 is 5.32 Å². The minimum atomic E-state index is -0.190. The molecule has 0 atom stereocenters. The number of hydrogen-bond donors (Lipinski definition) is 1. The molecule has 0 unspecified atom stereocenters. The Morgan fingerprint density at radius 1 is 1.18 bits per heavy atom. The van der Waals surface area contributed by atoms with E-state index in [0.29, 0.717) is 15.0 Å². The highest BCUT2D eigenvalue weighted by molar-refractivity contribution is 7.18. The van der Waals surface area contributed by atoms with E-state index in [0.717, 1.165) is 11.4 Å². The molecule has 0 fully saturated rings. The van der Waals surface area contributed by atoms with E-state index in [1.54, 1.807) is 16.8 Å². The molecule has 22 heavy (non-hydrogen) atoms. The van der Waals surface area contributed by atoms with Crippen LogP contribution in [0.5, 0.6) is 0 Å². The number of aryl methyl sites for hydroxylation is 2. The third-order valence-corrected chi connectivity index (χ3v) is 4.38. The second kappa shape index (κ2) is 5.94. The summed E-state index contributed by atoms with van der Waals surface area (Å²) in [6.45, 7) is 3.92. The molecule has 1 N–H and O–H groups in total. The lowest BCUT2D eigenvalue weighted by Crippen LogP contribution is -2.13. The lowest BCUT2D eigenvalue weighted by molar-refractivity contribution is 0.103. The van der Waals surface area contributed by atoms with E-state index in [9.17, 15) is 4.79 Å². The van der Waals surface area contributed by atoms with E-state index >= 15 is 0 Å². The van der Waals surface area contributed by atoms with E-state index in [1.165, 1.54) is 16.9 Å². The molecule has 0 saturated heterocycles. The van der Waals surface area contributed by atoms with Crippen molar-refractivity contribution in [1.82, 2.24) is 9.78 Å². The van der Waals surface area contributed by atoms with Gasteiger partial charge in [0, 0.05) is 6.07 Å². The second-order valence-electron chi connectivity index (χ2n) is 4.98. The maximum atomic E-state index is 12.3. The molecule has 0 radical (unpaired) electrons. The first kappa shape index (κ1) is 14.8. The first-order chi connectivity index (χ1) is 10.5. The number of carbonyl (C=O) groups is 1. The van der Waals surface area contributed by atoms with Crippen LogP contribution in [-0.2, 0) is 0 Å². The van der Waals surface area contributed by atoms with Crippen LogP contribution in [-0.4, -0.2) is 15.7 Å². The Balaban J connectivity index is 1.91. The van der Waals surface area contributed by atoms with Crippen LogP contribution in [0, 0.1) is 13.8 Å². The van der Waals surface area contributed by atoms with Crippen molar-refractivity contribution < 1.29 is 4.79 Å². The highest BCUT2D eigenvalue weighted by Gasteiger charge is 2.14. The zero-order chi connectivity index (χ0) is 15.7. The molecule has 0 bridgehead atoms. The fraction of sp³-hybridized carbons (Fsp3) is 0.125. The Morgan fingerprint density at radius 2 is 1.91 bits per heavy atom. The molecular formula is C16H14ClN3OS. The molecule has 0 saturated carbocycles. The van der Waals surface area contributed by atoms with Gasteiger partial charge in [-0.25, -0.2) is 4.68 Å². The number of hydrogen-bond acceptors (Lipinski definition) is 3. The Bertz CT molecular complexity index is 820. The average molecular weight is 332 g/mol. The minimum absolute atomic E-state index is 0.190. The lowest BCUT2D eigenvalue weighted by atomic mass is 10.2. The summed E-state index contributed by atoms with van der Waals surface area (Å²) in [6.07, 6.45) is 0. The van der Waals surface area contributed by atoms with Crippen LogP contribution < -0.4 is 5.32 Å². The van der Waals surface area contributed by atoms with Crippen molar-refractivity contribution in [2.24, 2.45) is 0 Å². The third kappa shape index (κ3) is 3.05. The van der Waals surface area contributed by atoms with Gasteiger partial charge in [0.25, 0.3) is 5.91 Å². The Labute approximate surface area is 137 Å². The molecule has 4 nitrogen and oxygen atoms in total. The summed E-state index contributed by atoms with van der Waals surface area (Å²) in [5.74, 6) is 0.445. The van der Waals surface area contributed by atoms with Gasteiger partial charge in [0.05, 0.1) is 20.6 Å². The Kier molecular flexibility index (Phi) is 4.00. The number of rotatable bonds is 3. The van der Waals surface area contributed by atoms with Gasteiger partial charge in [-0.1, -0.05) is 29.3 Å². The van der Waals surface area contributed by atoms with E-state index in [1.807, 2.05) is 44.2 Å². The predicted octanol–water partition coefficient (Wildman–Crippen LogP) is 4.46. The summed E-state index contributed by atoms with van der Waals surface area (Å²) >= 11 is 7.12. The number of anilines is 1. The highest BCUT2D eigenvalue weighted by Crippen LogP contribution is 2.23. The van der Waals surface area contributed by atoms with Gasteiger partial charge in [-0.2, -0.15) is 5.10 Å². The minimum Gasteiger partial charge on any atom is -0.306 e. The van der Waals surface area contributed by atoms with Crippen LogP contribution in [0.15, 0.2) is 42.5 Å². The number of carbonyl (C=O) groups excluding carboxylic acids is 1. The highest BCUT2D eigenvalue weighted by atomic mass is 35.5. The first-order valence-electron chi connectivity index (χ1n) is 6.73.